The van der Waals surface area contributed by atoms with Gasteiger partial charge in [-0.05, 0) is 56.2 Å². The third-order valence-corrected chi connectivity index (χ3v) is 6.53. The molecule has 2 aromatic carbocycles. The summed E-state index contributed by atoms with van der Waals surface area (Å²) >= 11 is 0. The first-order valence-electron chi connectivity index (χ1n) is 11.9. The molecule has 1 aliphatic rings. The molecule has 4 aromatic rings. The van der Waals surface area contributed by atoms with Gasteiger partial charge < -0.3 is 19.7 Å². The van der Waals surface area contributed by atoms with Crippen LogP contribution < -0.4 is 19.7 Å². The first-order chi connectivity index (χ1) is 17.4. The van der Waals surface area contributed by atoms with E-state index in [1.54, 1.807) is 44.6 Å². The van der Waals surface area contributed by atoms with E-state index < -0.39 is 0 Å². The summed E-state index contributed by atoms with van der Waals surface area (Å²) in [5, 5.41) is 7.77. The highest BCUT2D eigenvalue weighted by molar-refractivity contribution is 5.94. The minimum atomic E-state index is -0.283. The molecule has 0 aliphatic carbocycles. The fourth-order valence-electron chi connectivity index (χ4n) is 4.58. The number of methoxy groups -OCH3 is 2. The number of aryl methyl sites for hydroxylation is 1. The van der Waals surface area contributed by atoms with E-state index in [1.165, 1.54) is 12.1 Å². The second-order valence-corrected chi connectivity index (χ2v) is 8.88. The van der Waals surface area contributed by atoms with Crippen LogP contribution in [0.2, 0.25) is 0 Å². The Bertz CT molecular complexity index is 1390. The van der Waals surface area contributed by atoms with E-state index in [-0.39, 0.29) is 17.6 Å². The van der Waals surface area contributed by atoms with Crippen molar-refractivity contribution in [2.75, 3.05) is 37.5 Å². The number of fused-ring (bicyclic) bond motifs is 1. The quantitative estimate of drug-likeness (QED) is 0.422. The van der Waals surface area contributed by atoms with Crippen LogP contribution in [0, 0.1) is 18.7 Å². The third-order valence-electron chi connectivity index (χ3n) is 6.53. The van der Waals surface area contributed by atoms with Crippen molar-refractivity contribution in [2.45, 2.75) is 19.8 Å². The summed E-state index contributed by atoms with van der Waals surface area (Å²) in [6.07, 6.45) is 1.40. The molecule has 8 nitrogen and oxygen atoms in total. The smallest absolute Gasteiger partial charge is 0.227 e. The maximum atomic E-state index is 13.4. The molecule has 0 saturated carbocycles. The Balaban J connectivity index is 1.32. The first-order valence-corrected chi connectivity index (χ1v) is 11.9. The number of piperidine rings is 1. The molecule has 0 bridgehead atoms. The summed E-state index contributed by atoms with van der Waals surface area (Å²) in [4.78, 5) is 19.9. The molecule has 5 rings (SSSR count). The SMILES string of the molecule is COc1ccc(OC)c(NC(=O)C2CCN(c3cc(C)nc4cc(-c5ccc(F)cc5)nn34)CC2)c1. The van der Waals surface area contributed by atoms with E-state index in [9.17, 15) is 9.18 Å². The fourth-order valence-corrected chi connectivity index (χ4v) is 4.58. The van der Waals surface area contributed by atoms with Gasteiger partial charge >= 0.3 is 0 Å². The molecule has 3 heterocycles. The highest BCUT2D eigenvalue weighted by atomic mass is 19.1. The van der Waals surface area contributed by atoms with E-state index in [1.807, 2.05) is 23.6 Å². The Kier molecular flexibility index (Phi) is 6.45. The molecule has 2 aromatic heterocycles. The zero-order valence-electron chi connectivity index (χ0n) is 20.5. The van der Waals surface area contributed by atoms with Gasteiger partial charge in [0, 0.05) is 48.5 Å². The molecule has 36 heavy (non-hydrogen) atoms. The van der Waals surface area contributed by atoms with Gasteiger partial charge in [-0.15, -0.1) is 0 Å². The number of nitrogens with one attached hydrogen (secondary N) is 1. The molecular weight excluding hydrogens is 461 g/mol. The van der Waals surface area contributed by atoms with Crippen LogP contribution >= 0.6 is 0 Å². The van der Waals surface area contributed by atoms with Crippen LogP contribution in [-0.4, -0.2) is 47.8 Å². The minimum Gasteiger partial charge on any atom is -0.497 e. The second-order valence-electron chi connectivity index (χ2n) is 8.88. The van der Waals surface area contributed by atoms with E-state index in [0.717, 1.165) is 28.4 Å². The van der Waals surface area contributed by atoms with Crippen LogP contribution in [0.3, 0.4) is 0 Å². The number of ether oxygens (including phenoxy) is 2. The Hall–Kier alpha value is -4.14. The average Bonchev–Trinajstić information content (AvgIpc) is 3.32. The van der Waals surface area contributed by atoms with E-state index >= 15 is 0 Å². The van der Waals surface area contributed by atoms with Crippen molar-refractivity contribution in [1.29, 1.82) is 0 Å². The van der Waals surface area contributed by atoms with Gasteiger partial charge in [0.05, 0.1) is 25.6 Å². The summed E-state index contributed by atoms with van der Waals surface area (Å²) < 4.78 is 25.9. The number of benzene rings is 2. The topological polar surface area (TPSA) is 81.0 Å². The van der Waals surface area contributed by atoms with Gasteiger partial charge in [0.15, 0.2) is 5.65 Å². The van der Waals surface area contributed by atoms with Crippen molar-refractivity contribution >= 4 is 23.1 Å². The van der Waals surface area contributed by atoms with Crippen LogP contribution in [-0.2, 0) is 4.79 Å². The zero-order chi connectivity index (χ0) is 25.2. The van der Waals surface area contributed by atoms with Crippen molar-refractivity contribution in [3.05, 3.63) is 66.1 Å². The molecule has 0 atom stereocenters. The van der Waals surface area contributed by atoms with Gasteiger partial charge in [-0.2, -0.15) is 9.61 Å². The van der Waals surface area contributed by atoms with Gasteiger partial charge in [0.2, 0.25) is 5.91 Å². The Morgan fingerprint density at radius 2 is 1.78 bits per heavy atom. The summed E-state index contributed by atoms with van der Waals surface area (Å²) in [6.45, 7) is 3.37. The number of aromatic nitrogens is 3. The Morgan fingerprint density at radius 1 is 1.03 bits per heavy atom. The summed E-state index contributed by atoms with van der Waals surface area (Å²) in [7, 11) is 3.16. The standard InChI is InChI=1S/C27H28FN5O3/c1-17-14-26(33-25(29-17)16-22(31-33)18-4-6-20(28)7-5-18)32-12-10-19(11-13-32)27(34)30-23-15-21(35-2)8-9-24(23)36-3/h4-9,14-16,19H,10-13H2,1-3H3,(H,30,34). The number of rotatable bonds is 6. The predicted molar refractivity (Wildman–Crippen MR) is 136 cm³/mol. The van der Waals surface area contributed by atoms with Gasteiger partial charge in [-0.25, -0.2) is 9.37 Å². The molecule has 0 spiro atoms. The van der Waals surface area contributed by atoms with E-state index in [2.05, 4.69) is 15.2 Å². The number of halogens is 1. The lowest BCUT2D eigenvalue weighted by Crippen LogP contribution is -2.39. The largest absolute Gasteiger partial charge is 0.497 e. The zero-order valence-corrected chi connectivity index (χ0v) is 20.5. The number of nitrogens with zero attached hydrogens (tertiary/aromatic N) is 4. The molecule has 1 fully saturated rings. The second kappa shape index (κ2) is 9.85. The summed E-state index contributed by atoms with van der Waals surface area (Å²) in [5.74, 6) is 1.73. The van der Waals surface area contributed by atoms with E-state index in [4.69, 9.17) is 14.6 Å². The molecule has 1 amide bonds. The van der Waals surface area contributed by atoms with Crippen LogP contribution in [0.15, 0.2) is 54.6 Å². The number of hydrogen-bond acceptors (Lipinski definition) is 6. The lowest BCUT2D eigenvalue weighted by Gasteiger charge is -2.33. The number of hydrogen-bond donors (Lipinski definition) is 1. The normalized spacial score (nSPS) is 14.2. The van der Waals surface area contributed by atoms with Gasteiger partial charge in [-0.1, -0.05) is 0 Å². The van der Waals surface area contributed by atoms with Gasteiger partial charge in [0.1, 0.15) is 23.1 Å². The molecule has 186 valence electrons. The van der Waals surface area contributed by atoms with Crippen molar-refractivity contribution in [3.8, 4) is 22.8 Å². The maximum absolute atomic E-state index is 13.4. The molecular formula is C27H28FN5O3. The minimum absolute atomic E-state index is 0.0325. The first kappa shape index (κ1) is 23.6. The molecule has 9 heteroatoms. The molecule has 0 radical (unpaired) electrons. The lowest BCUT2D eigenvalue weighted by atomic mass is 9.95. The highest BCUT2D eigenvalue weighted by Crippen LogP contribution is 2.31. The highest BCUT2D eigenvalue weighted by Gasteiger charge is 2.27. The van der Waals surface area contributed by atoms with Crippen molar-refractivity contribution < 1.29 is 18.7 Å². The van der Waals surface area contributed by atoms with Crippen LogP contribution in [0.1, 0.15) is 18.5 Å². The van der Waals surface area contributed by atoms with Gasteiger partial charge in [-0.3, -0.25) is 4.79 Å². The summed E-state index contributed by atoms with van der Waals surface area (Å²) in [5.41, 5.74) is 3.77. The van der Waals surface area contributed by atoms with Crippen molar-refractivity contribution in [3.63, 3.8) is 0 Å². The molecule has 1 aliphatic heterocycles. The molecule has 1 N–H and O–H groups in total. The monoisotopic (exact) mass is 489 g/mol. The van der Waals surface area contributed by atoms with Crippen molar-refractivity contribution in [2.24, 2.45) is 5.92 Å². The fraction of sp³-hybridized carbons (Fsp3) is 0.296. The molecule has 1 saturated heterocycles. The Morgan fingerprint density at radius 3 is 2.47 bits per heavy atom. The van der Waals surface area contributed by atoms with Crippen molar-refractivity contribution in [1.82, 2.24) is 14.6 Å². The maximum Gasteiger partial charge on any atom is 0.227 e. The van der Waals surface area contributed by atoms with Crippen LogP contribution in [0.4, 0.5) is 15.9 Å². The lowest BCUT2D eigenvalue weighted by molar-refractivity contribution is -0.120. The van der Waals surface area contributed by atoms with Gasteiger partial charge in [0.25, 0.3) is 0 Å². The predicted octanol–water partition coefficient (Wildman–Crippen LogP) is 4.72. The summed E-state index contributed by atoms with van der Waals surface area (Å²) in [6, 6.07) is 15.5. The number of carbonyl (C=O) groups is 1. The van der Waals surface area contributed by atoms with E-state index in [0.29, 0.717) is 43.1 Å². The average molecular weight is 490 g/mol. The number of anilines is 2. The third kappa shape index (κ3) is 4.68. The van der Waals surface area contributed by atoms with Crippen LogP contribution in [0.25, 0.3) is 16.9 Å². The van der Waals surface area contributed by atoms with Crippen LogP contribution in [0.5, 0.6) is 11.5 Å². The number of amides is 1. The number of carbonyl (C=O) groups excluding carboxylic acids is 1. The molecule has 0 unspecified atom stereocenters. The Labute approximate surface area is 208 Å².